The predicted octanol–water partition coefficient (Wildman–Crippen LogP) is 2.56. The second kappa shape index (κ2) is 7.93. The topological polar surface area (TPSA) is 76.2 Å². The fourth-order valence-corrected chi connectivity index (χ4v) is 3.50. The van der Waals surface area contributed by atoms with Crippen LogP contribution in [0, 0.1) is 5.82 Å². The maximum Gasteiger partial charge on any atom is 0.287 e. The molecule has 8 heteroatoms. The van der Waals surface area contributed by atoms with Gasteiger partial charge in [-0.25, -0.2) is 4.39 Å². The van der Waals surface area contributed by atoms with Gasteiger partial charge in [-0.1, -0.05) is 12.1 Å². The van der Waals surface area contributed by atoms with Gasteiger partial charge in [0.2, 0.25) is 0 Å². The molecule has 3 heterocycles. The standard InChI is InChI=1S/C20H22FN5O2/c1-14(22-20(27)17-6-3-11-28-17)19-24-23-18-7-8-25(9-10-26(18)19)13-15-4-2-5-16(21)12-15/h2-6,11-12,14H,7-10,13H2,1H3,(H,22,27)/t14-/m1/s1. The Bertz CT molecular complexity index is 953. The second-order valence-electron chi connectivity index (χ2n) is 6.95. The van der Waals surface area contributed by atoms with E-state index in [2.05, 4.69) is 25.0 Å². The molecule has 1 aliphatic rings. The highest BCUT2D eigenvalue weighted by Gasteiger charge is 2.23. The van der Waals surface area contributed by atoms with Gasteiger partial charge >= 0.3 is 0 Å². The Morgan fingerprint density at radius 1 is 1.25 bits per heavy atom. The average Bonchev–Trinajstić information content (AvgIpc) is 3.30. The zero-order chi connectivity index (χ0) is 19.5. The summed E-state index contributed by atoms with van der Waals surface area (Å²) in [5.41, 5.74) is 0.956. The van der Waals surface area contributed by atoms with Gasteiger partial charge in [-0.05, 0) is 36.8 Å². The summed E-state index contributed by atoms with van der Waals surface area (Å²) in [6, 6.07) is 9.70. The molecule has 3 aromatic rings. The maximum absolute atomic E-state index is 13.4. The third-order valence-corrected chi connectivity index (χ3v) is 4.92. The normalized spacial score (nSPS) is 15.6. The zero-order valence-electron chi connectivity index (χ0n) is 15.6. The summed E-state index contributed by atoms with van der Waals surface area (Å²) in [4.78, 5) is 14.5. The molecule has 0 bridgehead atoms. The third kappa shape index (κ3) is 3.96. The van der Waals surface area contributed by atoms with Crippen molar-refractivity contribution < 1.29 is 13.6 Å². The van der Waals surface area contributed by atoms with Crippen LogP contribution in [0.5, 0.6) is 0 Å². The monoisotopic (exact) mass is 383 g/mol. The number of hydrogen-bond acceptors (Lipinski definition) is 5. The van der Waals surface area contributed by atoms with Crippen molar-refractivity contribution in [2.45, 2.75) is 32.5 Å². The molecule has 28 heavy (non-hydrogen) atoms. The fraction of sp³-hybridized carbons (Fsp3) is 0.350. The van der Waals surface area contributed by atoms with Crippen molar-refractivity contribution in [3.8, 4) is 0 Å². The quantitative estimate of drug-likeness (QED) is 0.733. The molecule has 7 nitrogen and oxygen atoms in total. The Balaban J connectivity index is 1.42. The minimum absolute atomic E-state index is 0.215. The predicted molar refractivity (Wildman–Crippen MR) is 100.0 cm³/mol. The number of furan rings is 1. The Labute approximate surface area is 162 Å². The van der Waals surface area contributed by atoms with Gasteiger partial charge in [0, 0.05) is 32.6 Å². The summed E-state index contributed by atoms with van der Waals surface area (Å²) in [5.74, 6) is 1.39. The number of rotatable bonds is 5. The molecule has 0 saturated carbocycles. The Morgan fingerprint density at radius 2 is 2.14 bits per heavy atom. The summed E-state index contributed by atoms with van der Waals surface area (Å²) in [6.07, 6.45) is 2.22. The van der Waals surface area contributed by atoms with Crippen LogP contribution in [0.2, 0.25) is 0 Å². The van der Waals surface area contributed by atoms with E-state index in [0.717, 1.165) is 36.7 Å². The summed E-state index contributed by atoms with van der Waals surface area (Å²) >= 11 is 0. The number of fused-ring (bicyclic) bond motifs is 1. The number of carbonyl (C=O) groups excluding carboxylic acids is 1. The summed E-state index contributed by atoms with van der Waals surface area (Å²) in [7, 11) is 0. The lowest BCUT2D eigenvalue weighted by atomic mass is 10.2. The average molecular weight is 383 g/mol. The molecule has 146 valence electrons. The van der Waals surface area contributed by atoms with E-state index in [4.69, 9.17) is 4.42 Å². The lowest BCUT2D eigenvalue weighted by molar-refractivity contribution is 0.0909. The first-order valence-electron chi connectivity index (χ1n) is 9.33. The van der Waals surface area contributed by atoms with Gasteiger partial charge in [0.1, 0.15) is 11.6 Å². The van der Waals surface area contributed by atoms with Crippen LogP contribution in [0.1, 0.15) is 40.7 Å². The lowest BCUT2D eigenvalue weighted by Crippen LogP contribution is -2.30. The minimum Gasteiger partial charge on any atom is -0.459 e. The van der Waals surface area contributed by atoms with E-state index < -0.39 is 0 Å². The fourth-order valence-electron chi connectivity index (χ4n) is 3.50. The van der Waals surface area contributed by atoms with Crippen LogP contribution in [-0.2, 0) is 19.5 Å². The molecular formula is C20H22FN5O2. The first kappa shape index (κ1) is 18.4. The molecule has 0 unspecified atom stereocenters. The molecule has 0 saturated heterocycles. The van der Waals surface area contributed by atoms with Gasteiger partial charge in [-0.3, -0.25) is 9.69 Å². The van der Waals surface area contributed by atoms with Gasteiger partial charge in [0.05, 0.1) is 12.3 Å². The number of amides is 1. The number of carbonyl (C=O) groups is 1. The van der Waals surface area contributed by atoms with Gasteiger partial charge in [0.25, 0.3) is 5.91 Å². The van der Waals surface area contributed by atoms with E-state index in [1.165, 1.54) is 12.3 Å². The lowest BCUT2D eigenvalue weighted by Gasteiger charge is -2.20. The number of aromatic nitrogens is 3. The van der Waals surface area contributed by atoms with E-state index in [9.17, 15) is 9.18 Å². The largest absolute Gasteiger partial charge is 0.459 e. The summed E-state index contributed by atoms with van der Waals surface area (Å²) < 4.78 is 20.6. The van der Waals surface area contributed by atoms with Crippen LogP contribution >= 0.6 is 0 Å². The van der Waals surface area contributed by atoms with Crippen molar-refractivity contribution in [1.82, 2.24) is 25.0 Å². The molecule has 0 aliphatic carbocycles. The molecule has 1 amide bonds. The molecule has 1 aliphatic heterocycles. The highest BCUT2D eigenvalue weighted by molar-refractivity contribution is 5.91. The SMILES string of the molecule is C[C@@H](NC(=O)c1ccco1)c1nnc2n1CCN(Cc1cccc(F)c1)CC2. The number of nitrogens with zero attached hydrogens (tertiary/aromatic N) is 4. The molecule has 4 rings (SSSR count). The van der Waals surface area contributed by atoms with Gasteiger partial charge in [-0.15, -0.1) is 10.2 Å². The van der Waals surface area contributed by atoms with E-state index >= 15 is 0 Å². The van der Waals surface area contributed by atoms with Crippen LogP contribution in [0.3, 0.4) is 0 Å². The summed E-state index contributed by atoms with van der Waals surface area (Å²) in [5, 5.41) is 11.5. The summed E-state index contributed by atoms with van der Waals surface area (Å²) in [6.45, 7) is 4.91. The van der Waals surface area contributed by atoms with Crippen LogP contribution < -0.4 is 5.32 Å². The van der Waals surface area contributed by atoms with E-state index in [1.807, 2.05) is 13.0 Å². The van der Waals surface area contributed by atoms with Crippen molar-refractivity contribution in [2.75, 3.05) is 13.1 Å². The Morgan fingerprint density at radius 3 is 2.93 bits per heavy atom. The smallest absolute Gasteiger partial charge is 0.287 e. The number of nitrogens with one attached hydrogen (secondary N) is 1. The van der Waals surface area contributed by atoms with E-state index in [1.54, 1.807) is 24.3 Å². The van der Waals surface area contributed by atoms with Crippen molar-refractivity contribution in [3.05, 3.63) is 71.5 Å². The maximum atomic E-state index is 13.4. The van der Waals surface area contributed by atoms with Gasteiger partial charge in [0.15, 0.2) is 11.6 Å². The first-order valence-corrected chi connectivity index (χ1v) is 9.33. The molecule has 1 atom stereocenters. The second-order valence-corrected chi connectivity index (χ2v) is 6.95. The van der Waals surface area contributed by atoms with Crippen molar-refractivity contribution in [2.24, 2.45) is 0 Å². The Kier molecular flexibility index (Phi) is 5.21. The first-order chi connectivity index (χ1) is 13.6. The van der Waals surface area contributed by atoms with Crippen LogP contribution in [-0.4, -0.2) is 38.7 Å². The Hall–Kier alpha value is -3.00. The van der Waals surface area contributed by atoms with E-state index in [-0.39, 0.29) is 23.5 Å². The zero-order valence-corrected chi connectivity index (χ0v) is 15.6. The highest BCUT2D eigenvalue weighted by atomic mass is 19.1. The van der Waals surface area contributed by atoms with E-state index in [0.29, 0.717) is 13.1 Å². The van der Waals surface area contributed by atoms with Crippen molar-refractivity contribution in [3.63, 3.8) is 0 Å². The van der Waals surface area contributed by atoms with Crippen molar-refractivity contribution >= 4 is 5.91 Å². The number of halogens is 1. The molecule has 0 radical (unpaired) electrons. The molecule has 2 aromatic heterocycles. The molecule has 1 aromatic carbocycles. The van der Waals surface area contributed by atoms with Crippen LogP contribution in [0.4, 0.5) is 4.39 Å². The molecular weight excluding hydrogens is 361 g/mol. The van der Waals surface area contributed by atoms with Gasteiger partial charge in [-0.2, -0.15) is 0 Å². The number of benzene rings is 1. The minimum atomic E-state index is -0.298. The van der Waals surface area contributed by atoms with Gasteiger partial charge < -0.3 is 14.3 Å². The molecule has 0 spiro atoms. The highest BCUT2D eigenvalue weighted by Crippen LogP contribution is 2.17. The molecule has 1 N–H and O–H groups in total. The number of hydrogen-bond donors (Lipinski definition) is 1. The van der Waals surface area contributed by atoms with Crippen molar-refractivity contribution in [1.29, 1.82) is 0 Å². The van der Waals surface area contributed by atoms with Crippen LogP contribution in [0.25, 0.3) is 0 Å². The van der Waals surface area contributed by atoms with Crippen LogP contribution in [0.15, 0.2) is 47.1 Å². The third-order valence-electron chi connectivity index (χ3n) is 4.92. The molecule has 0 fully saturated rings.